The van der Waals surface area contributed by atoms with Crippen LogP contribution in [0.15, 0.2) is 58.1 Å². The van der Waals surface area contributed by atoms with Gasteiger partial charge in [-0.1, -0.05) is 36.4 Å². The molecule has 0 saturated carbocycles. The van der Waals surface area contributed by atoms with Crippen LogP contribution in [0.1, 0.15) is 11.1 Å². The van der Waals surface area contributed by atoms with Gasteiger partial charge in [0, 0.05) is 13.1 Å². The summed E-state index contributed by atoms with van der Waals surface area (Å²) in [7, 11) is 0. The molecule has 2 aromatic carbocycles. The number of para-hydroxylation sites is 2. The zero-order valence-corrected chi connectivity index (χ0v) is 13.6. The number of fused-ring (bicyclic) bond motifs is 2. The van der Waals surface area contributed by atoms with Crippen molar-refractivity contribution in [3.05, 3.63) is 80.4 Å². The molecule has 1 aliphatic heterocycles. The van der Waals surface area contributed by atoms with Crippen LogP contribution in [0.5, 0.6) is 0 Å². The number of aromatic nitrogens is 2. The minimum absolute atomic E-state index is 0.133. The predicted octanol–water partition coefficient (Wildman–Crippen LogP) is 1.27. The van der Waals surface area contributed by atoms with Crippen LogP contribution >= 0.6 is 0 Å². The van der Waals surface area contributed by atoms with Crippen LogP contribution in [0, 0.1) is 0 Å². The molecule has 6 nitrogen and oxygen atoms in total. The van der Waals surface area contributed by atoms with E-state index in [1.165, 1.54) is 10.1 Å². The molecule has 25 heavy (non-hydrogen) atoms. The van der Waals surface area contributed by atoms with Crippen LogP contribution in [0.3, 0.4) is 0 Å². The van der Waals surface area contributed by atoms with E-state index in [1.807, 2.05) is 18.2 Å². The lowest BCUT2D eigenvalue weighted by Gasteiger charge is -2.29. The lowest BCUT2D eigenvalue weighted by molar-refractivity contribution is -0.132. The molecule has 126 valence electrons. The van der Waals surface area contributed by atoms with Crippen LogP contribution in [0.2, 0.25) is 0 Å². The van der Waals surface area contributed by atoms with Crippen LogP contribution in [-0.4, -0.2) is 26.9 Å². The SMILES string of the molecule is O=C(Cn1c(=O)c(=O)[nH]c2ccccc21)N1CCc2ccccc2C1. The van der Waals surface area contributed by atoms with Crippen molar-refractivity contribution in [3.8, 4) is 0 Å². The van der Waals surface area contributed by atoms with E-state index in [2.05, 4.69) is 11.1 Å². The molecule has 6 heteroatoms. The maximum atomic E-state index is 12.7. The molecule has 3 aromatic rings. The Morgan fingerprint density at radius 3 is 2.56 bits per heavy atom. The van der Waals surface area contributed by atoms with Gasteiger partial charge in [0.05, 0.1) is 11.0 Å². The number of hydrogen-bond acceptors (Lipinski definition) is 3. The molecule has 0 spiro atoms. The average Bonchev–Trinajstić information content (AvgIpc) is 2.65. The van der Waals surface area contributed by atoms with Crippen molar-refractivity contribution in [1.82, 2.24) is 14.5 Å². The topological polar surface area (TPSA) is 75.2 Å². The monoisotopic (exact) mass is 335 g/mol. The third-order valence-corrected chi connectivity index (χ3v) is 4.66. The van der Waals surface area contributed by atoms with Gasteiger partial charge in [-0.05, 0) is 29.7 Å². The van der Waals surface area contributed by atoms with Crippen molar-refractivity contribution in [1.29, 1.82) is 0 Å². The second-order valence-corrected chi connectivity index (χ2v) is 6.20. The lowest BCUT2D eigenvalue weighted by Crippen LogP contribution is -2.43. The summed E-state index contributed by atoms with van der Waals surface area (Å²) in [5.74, 6) is -0.160. The summed E-state index contributed by atoms with van der Waals surface area (Å²) in [6.45, 7) is 1.02. The van der Waals surface area contributed by atoms with Gasteiger partial charge in [-0.2, -0.15) is 0 Å². The normalized spacial score (nSPS) is 13.7. The Morgan fingerprint density at radius 2 is 1.72 bits per heavy atom. The Labute approximate surface area is 143 Å². The molecule has 0 radical (unpaired) electrons. The van der Waals surface area contributed by atoms with Gasteiger partial charge in [0.2, 0.25) is 5.91 Å². The maximum Gasteiger partial charge on any atom is 0.317 e. The molecule has 0 aliphatic carbocycles. The van der Waals surface area contributed by atoms with Crippen molar-refractivity contribution in [2.75, 3.05) is 6.54 Å². The smallest absolute Gasteiger partial charge is 0.317 e. The van der Waals surface area contributed by atoms with Gasteiger partial charge < -0.3 is 9.88 Å². The van der Waals surface area contributed by atoms with E-state index in [0.717, 1.165) is 12.0 Å². The van der Waals surface area contributed by atoms with Gasteiger partial charge in [-0.15, -0.1) is 0 Å². The fourth-order valence-electron chi connectivity index (χ4n) is 3.32. The van der Waals surface area contributed by atoms with Crippen LogP contribution in [-0.2, 0) is 24.3 Å². The first-order chi connectivity index (χ1) is 12.1. The summed E-state index contributed by atoms with van der Waals surface area (Å²) in [4.78, 5) is 41.1. The van der Waals surface area contributed by atoms with Crippen LogP contribution in [0.4, 0.5) is 0 Å². The largest absolute Gasteiger partial charge is 0.336 e. The van der Waals surface area contributed by atoms with Crippen molar-refractivity contribution in [3.63, 3.8) is 0 Å². The predicted molar refractivity (Wildman–Crippen MR) is 94.4 cm³/mol. The van der Waals surface area contributed by atoms with Crippen LogP contribution in [0.25, 0.3) is 11.0 Å². The number of aromatic amines is 1. The number of carbonyl (C=O) groups excluding carboxylic acids is 1. The molecule has 1 N–H and O–H groups in total. The summed E-state index contributed by atoms with van der Waals surface area (Å²) in [5, 5.41) is 0. The van der Waals surface area contributed by atoms with Gasteiger partial charge in [-0.25, -0.2) is 0 Å². The van der Waals surface area contributed by atoms with Gasteiger partial charge in [0.25, 0.3) is 0 Å². The summed E-state index contributed by atoms with van der Waals surface area (Å²) in [5.41, 5.74) is 2.07. The molecule has 1 aliphatic rings. The standard InChI is InChI=1S/C19H17N3O3/c23-17(21-10-9-13-5-1-2-6-14(13)11-21)12-22-16-8-4-3-7-15(16)20-18(24)19(22)25/h1-8H,9-12H2,(H,20,24). The Balaban J connectivity index is 1.66. The summed E-state index contributed by atoms with van der Waals surface area (Å²) in [6.07, 6.45) is 0.799. The minimum Gasteiger partial charge on any atom is -0.336 e. The molecule has 1 amide bonds. The summed E-state index contributed by atoms with van der Waals surface area (Å²) >= 11 is 0. The number of nitrogens with one attached hydrogen (secondary N) is 1. The number of amides is 1. The molecular formula is C19H17N3O3. The van der Waals surface area contributed by atoms with E-state index < -0.39 is 11.1 Å². The zero-order valence-electron chi connectivity index (χ0n) is 13.6. The Bertz CT molecular complexity index is 1080. The lowest BCUT2D eigenvalue weighted by atomic mass is 10.00. The fourth-order valence-corrected chi connectivity index (χ4v) is 3.32. The Hall–Kier alpha value is -3.15. The van der Waals surface area contributed by atoms with Gasteiger partial charge in [0.15, 0.2) is 0 Å². The van der Waals surface area contributed by atoms with Gasteiger partial charge in [0.1, 0.15) is 6.54 Å². The quantitative estimate of drug-likeness (QED) is 0.717. The number of rotatable bonds is 2. The molecule has 0 saturated heterocycles. The van der Waals surface area contributed by atoms with E-state index in [9.17, 15) is 14.4 Å². The highest BCUT2D eigenvalue weighted by Gasteiger charge is 2.21. The van der Waals surface area contributed by atoms with Crippen molar-refractivity contribution < 1.29 is 4.79 Å². The van der Waals surface area contributed by atoms with Crippen molar-refractivity contribution >= 4 is 16.9 Å². The Kier molecular flexibility index (Phi) is 3.72. The van der Waals surface area contributed by atoms with Gasteiger partial charge >= 0.3 is 11.1 Å². The third-order valence-electron chi connectivity index (χ3n) is 4.66. The first kappa shape index (κ1) is 15.4. The molecule has 0 fully saturated rings. The first-order valence-corrected chi connectivity index (χ1v) is 8.20. The van der Waals surface area contributed by atoms with E-state index in [-0.39, 0.29) is 12.5 Å². The van der Waals surface area contributed by atoms with Crippen LogP contribution < -0.4 is 11.1 Å². The van der Waals surface area contributed by atoms with Gasteiger partial charge in [-0.3, -0.25) is 19.0 Å². The molecular weight excluding hydrogens is 318 g/mol. The fraction of sp³-hybridized carbons (Fsp3) is 0.211. The Morgan fingerprint density at radius 1 is 1.00 bits per heavy atom. The molecule has 2 heterocycles. The third kappa shape index (κ3) is 2.76. The summed E-state index contributed by atoms with van der Waals surface area (Å²) in [6, 6.07) is 15.0. The van der Waals surface area contributed by atoms with E-state index >= 15 is 0 Å². The number of H-pyrrole nitrogens is 1. The number of benzene rings is 2. The van der Waals surface area contributed by atoms with E-state index in [0.29, 0.717) is 24.1 Å². The molecule has 0 atom stereocenters. The second kappa shape index (κ2) is 6.05. The molecule has 0 bridgehead atoms. The highest BCUT2D eigenvalue weighted by molar-refractivity contribution is 5.80. The zero-order chi connectivity index (χ0) is 17.4. The highest BCUT2D eigenvalue weighted by Crippen LogP contribution is 2.19. The molecule has 1 aromatic heterocycles. The van der Waals surface area contributed by atoms with Crippen molar-refractivity contribution in [2.24, 2.45) is 0 Å². The van der Waals surface area contributed by atoms with E-state index in [4.69, 9.17) is 0 Å². The molecule has 4 rings (SSSR count). The number of hydrogen-bond donors (Lipinski definition) is 1. The average molecular weight is 335 g/mol. The minimum atomic E-state index is -0.713. The first-order valence-electron chi connectivity index (χ1n) is 8.20. The highest BCUT2D eigenvalue weighted by atomic mass is 16.2. The number of nitrogens with zero attached hydrogens (tertiary/aromatic N) is 2. The molecule has 0 unspecified atom stereocenters. The van der Waals surface area contributed by atoms with E-state index in [1.54, 1.807) is 29.2 Å². The number of carbonyl (C=O) groups is 1. The van der Waals surface area contributed by atoms with Crippen molar-refractivity contribution in [2.45, 2.75) is 19.5 Å². The second-order valence-electron chi connectivity index (χ2n) is 6.20. The maximum absolute atomic E-state index is 12.7. The summed E-state index contributed by atoms with van der Waals surface area (Å²) < 4.78 is 1.26.